The van der Waals surface area contributed by atoms with Gasteiger partial charge in [-0.15, -0.1) is 0 Å². The maximum absolute atomic E-state index is 5.98. The minimum absolute atomic E-state index is 0.502. The van der Waals surface area contributed by atoms with E-state index in [0.717, 1.165) is 23.9 Å². The fraction of sp³-hybridized carbons (Fsp3) is 0.423. The summed E-state index contributed by atoms with van der Waals surface area (Å²) in [7, 11) is 0. The van der Waals surface area contributed by atoms with Gasteiger partial charge in [0.15, 0.2) is 5.11 Å². The molecule has 0 radical (unpaired) electrons. The topological polar surface area (TPSA) is 20.2 Å². The van der Waals surface area contributed by atoms with Crippen LogP contribution in [0.4, 0.5) is 5.69 Å². The first kappa shape index (κ1) is 20.9. The SMILES string of the molecule is CCn1cc(CN(C(=S)Nc2ccc(C)cc2)C2CCCCCC2)c2ccccc21. The summed E-state index contributed by atoms with van der Waals surface area (Å²) in [5.74, 6) is 0. The summed E-state index contributed by atoms with van der Waals surface area (Å²) >= 11 is 5.98. The van der Waals surface area contributed by atoms with Crippen molar-refractivity contribution in [2.24, 2.45) is 0 Å². The Hall–Kier alpha value is -2.33. The van der Waals surface area contributed by atoms with E-state index in [1.54, 1.807) is 0 Å². The summed E-state index contributed by atoms with van der Waals surface area (Å²) in [5.41, 5.74) is 5.01. The average Bonchev–Trinajstić information content (AvgIpc) is 2.91. The van der Waals surface area contributed by atoms with Crippen LogP contribution in [0.5, 0.6) is 0 Å². The number of hydrogen-bond acceptors (Lipinski definition) is 1. The van der Waals surface area contributed by atoms with Crippen LogP contribution in [0.3, 0.4) is 0 Å². The molecule has 1 N–H and O–H groups in total. The van der Waals surface area contributed by atoms with Gasteiger partial charge >= 0.3 is 0 Å². The molecule has 0 amide bonds. The van der Waals surface area contributed by atoms with E-state index in [9.17, 15) is 0 Å². The third-order valence-electron chi connectivity index (χ3n) is 6.38. The fourth-order valence-electron chi connectivity index (χ4n) is 4.66. The number of aromatic nitrogens is 1. The van der Waals surface area contributed by atoms with Crippen LogP contribution >= 0.6 is 12.2 Å². The molecular weight excluding hydrogens is 386 g/mol. The number of hydrogen-bond donors (Lipinski definition) is 1. The highest BCUT2D eigenvalue weighted by molar-refractivity contribution is 7.80. The van der Waals surface area contributed by atoms with Crippen molar-refractivity contribution in [2.45, 2.75) is 71.5 Å². The standard InChI is InChI=1S/C26H33N3S/c1-3-28-18-21(24-12-8-9-13-25(24)28)19-29(23-10-6-4-5-7-11-23)26(30)27-22-16-14-20(2)15-17-22/h8-9,12-18,23H,3-7,10-11,19H2,1-2H3,(H,27,30). The molecule has 1 aliphatic carbocycles. The highest BCUT2D eigenvalue weighted by atomic mass is 32.1. The molecule has 0 aliphatic heterocycles. The van der Waals surface area contributed by atoms with Crippen molar-refractivity contribution >= 4 is 33.9 Å². The van der Waals surface area contributed by atoms with E-state index >= 15 is 0 Å². The first-order chi connectivity index (χ1) is 14.7. The first-order valence-corrected chi connectivity index (χ1v) is 11.8. The highest BCUT2D eigenvalue weighted by Gasteiger charge is 2.24. The van der Waals surface area contributed by atoms with Crippen LogP contribution in [0, 0.1) is 6.92 Å². The number of benzene rings is 2. The zero-order valence-corrected chi connectivity index (χ0v) is 19.0. The predicted octanol–water partition coefficient (Wildman–Crippen LogP) is 6.89. The van der Waals surface area contributed by atoms with Crippen LogP contribution in [-0.4, -0.2) is 20.6 Å². The molecule has 0 atom stereocenters. The van der Waals surface area contributed by atoms with Gasteiger partial charge in [-0.05, 0) is 62.7 Å². The monoisotopic (exact) mass is 419 g/mol. The van der Waals surface area contributed by atoms with E-state index in [1.807, 2.05) is 0 Å². The minimum Gasteiger partial charge on any atom is -0.347 e. The molecule has 0 bridgehead atoms. The molecule has 4 heteroatoms. The van der Waals surface area contributed by atoms with Gasteiger partial charge in [-0.2, -0.15) is 0 Å². The number of nitrogens with one attached hydrogen (secondary N) is 1. The number of nitrogens with zero attached hydrogens (tertiary/aromatic N) is 2. The van der Waals surface area contributed by atoms with Crippen molar-refractivity contribution in [3.05, 3.63) is 65.9 Å². The van der Waals surface area contributed by atoms with Gasteiger partial charge in [0.25, 0.3) is 0 Å². The molecule has 2 aromatic carbocycles. The predicted molar refractivity (Wildman–Crippen MR) is 132 cm³/mol. The number of anilines is 1. The van der Waals surface area contributed by atoms with Crippen molar-refractivity contribution in [2.75, 3.05) is 5.32 Å². The van der Waals surface area contributed by atoms with Gasteiger partial charge in [0, 0.05) is 41.9 Å². The van der Waals surface area contributed by atoms with Crippen LogP contribution in [-0.2, 0) is 13.1 Å². The third-order valence-corrected chi connectivity index (χ3v) is 6.72. The summed E-state index contributed by atoms with van der Waals surface area (Å²) in [5, 5.41) is 5.72. The molecule has 3 nitrogen and oxygen atoms in total. The van der Waals surface area contributed by atoms with Crippen molar-refractivity contribution in [1.82, 2.24) is 9.47 Å². The lowest BCUT2D eigenvalue weighted by Gasteiger charge is -2.33. The Kier molecular flexibility index (Phi) is 6.73. The average molecular weight is 420 g/mol. The Morgan fingerprint density at radius 2 is 1.73 bits per heavy atom. The number of rotatable bonds is 5. The van der Waals surface area contributed by atoms with E-state index in [4.69, 9.17) is 12.2 Å². The molecule has 4 rings (SSSR count). The van der Waals surface area contributed by atoms with Gasteiger partial charge in [0.1, 0.15) is 0 Å². The number of para-hydroxylation sites is 1. The van der Waals surface area contributed by atoms with Gasteiger partial charge < -0.3 is 14.8 Å². The van der Waals surface area contributed by atoms with E-state index in [-0.39, 0.29) is 0 Å². The second-order valence-corrected chi connectivity index (χ2v) is 8.91. The van der Waals surface area contributed by atoms with E-state index < -0.39 is 0 Å². The second-order valence-electron chi connectivity index (χ2n) is 8.53. The Morgan fingerprint density at radius 3 is 2.43 bits per heavy atom. The Bertz CT molecular complexity index is 981. The molecule has 1 heterocycles. The van der Waals surface area contributed by atoms with Crippen LogP contribution in [0.1, 0.15) is 56.6 Å². The van der Waals surface area contributed by atoms with Crippen LogP contribution in [0.25, 0.3) is 10.9 Å². The number of aryl methyl sites for hydroxylation is 2. The van der Waals surface area contributed by atoms with Gasteiger partial charge in [0.2, 0.25) is 0 Å². The van der Waals surface area contributed by atoms with Crippen molar-refractivity contribution < 1.29 is 0 Å². The van der Waals surface area contributed by atoms with E-state index in [1.165, 1.54) is 60.6 Å². The largest absolute Gasteiger partial charge is 0.347 e. The molecule has 1 aromatic heterocycles. The van der Waals surface area contributed by atoms with Crippen molar-refractivity contribution in [3.63, 3.8) is 0 Å². The maximum atomic E-state index is 5.98. The van der Waals surface area contributed by atoms with Gasteiger partial charge in [-0.1, -0.05) is 61.6 Å². The minimum atomic E-state index is 0.502. The zero-order chi connectivity index (χ0) is 20.9. The van der Waals surface area contributed by atoms with Gasteiger partial charge in [0.05, 0.1) is 0 Å². The van der Waals surface area contributed by atoms with E-state index in [2.05, 4.69) is 83.4 Å². The van der Waals surface area contributed by atoms with Gasteiger partial charge in [-0.25, -0.2) is 0 Å². The lowest BCUT2D eigenvalue weighted by Crippen LogP contribution is -2.42. The highest BCUT2D eigenvalue weighted by Crippen LogP contribution is 2.28. The molecule has 158 valence electrons. The van der Waals surface area contributed by atoms with Crippen LogP contribution < -0.4 is 5.32 Å². The summed E-state index contributed by atoms with van der Waals surface area (Å²) in [4.78, 5) is 2.46. The number of fused-ring (bicyclic) bond motifs is 1. The Balaban J connectivity index is 1.63. The molecule has 1 aliphatic rings. The molecule has 30 heavy (non-hydrogen) atoms. The van der Waals surface area contributed by atoms with Crippen molar-refractivity contribution in [1.29, 1.82) is 0 Å². The quantitative estimate of drug-likeness (QED) is 0.359. The first-order valence-electron chi connectivity index (χ1n) is 11.4. The Morgan fingerprint density at radius 1 is 1.03 bits per heavy atom. The molecule has 1 fully saturated rings. The fourth-order valence-corrected chi connectivity index (χ4v) is 4.99. The lowest BCUT2D eigenvalue weighted by atomic mass is 10.1. The molecule has 0 unspecified atom stereocenters. The zero-order valence-electron chi connectivity index (χ0n) is 18.2. The van der Waals surface area contributed by atoms with Crippen molar-refractivity contribution in [3.8, 4) is 0 Å². The summed E-state index contributed by atoms with van der Waals surface area (Å²) in [6.45, 7) is 6.16. The molecule has 0 spiro atoms. The second kappa shape index (κ2) is 9.65. The third kappa shape index (κ3) is 4.70. The lowest BCUT2D eigenvalue weighted by molar-refractivity contribution is 0.281. The van der Waals surface area contributed by atoms with Crippen LogP contribution in [0.2, 0.25) is 0 Å². The smallest absolute Gasteiger partial charge is 0.173 e. The summed E-state index contributed by atoms with van der Waals surface area (Å²) in [6.07, 6.45) is 10.1. The van der Waals surface area contributed by atoms with E-state index in [0.29, 0.717) is 6.04 Å². The molecular formula is C26H33N3S. The molecule has 3 aromatic rings. The normalized spacial score (nSPS) is 15.1. The maximum Gasteiger partial charge on any atom is 0.173 e. The molecule has 0 saturated heterocycles. The van der Waals surface area contributed by atoms with Gasteiger partial charge in [-0.3, -0.25) is 0 Å². The number of thiocarbonyl (C=S) groups is 1. The summed E-state index contributed by atoms with van der Waals surface area (Å²) < 4.78 is 2.35. The molecule has 1 saturated carbocycles. The van der Waals surface area contributed by atoms with Crippen LogP contribution in [0.15, 0.2) is 54.7 Å². The summed E-state index contributed by atoms with van der Waals surface area (Å²) in [6, 6.07) is 17.8. The Labute approximate surface area is 186 Å².